The van der Waals surface area contributed by atoms with Crippen molar-refractivity contribution in [3.8, 4) is 0 Å². The van der Waals surface area contributed by atoms with Crippen molar-refractivity contribution in [1.29, 1.82) is 0 Å². The minimum atomic E-state index is -4.99. The number of carbonyl (C=O) groups is 1. The molecule has 19 heavy (non-hydrogen) atoms. The first-order valence-corrected chi connectivity index (χ1v) is 5.60. The lowest BCUT2D eigenvalue weighted by atomic mass is 9.76. The molecule has 0 aliphatic carbocycles. The fraction of sp³-hybridized carbons (Fsp3) is 0.750. The lowest BCUT2D eigenvalue weighted by molar-refractivity contribution is -0.266. The topological polar surface area (TPSA) is 26.3 Å². The third-order valence-electron chi connectivity index (χ3n) is 3.08. The molecule has 0 spiro atoms. The van der Waals surface area contributed by atoms with E-state index in [9.17, 15) is 26.7 Å². The highest BCUT2D eigenvalue weighted by Gasteiger charge is 2.59. The Labute approximate surface area is 108 Å². The van der Waals surface area contributed by atoms with E-state index in [2.05, 4.69) is 11.3 Å². The van der Waals surface area contributed by atoms with Gasteiger partial charge in [-0.15, -0.1) is 0 Å². The maximum absolute atomic E-state index is 13.8. The average molecular weight is 288 g/mol. The lowest BCUT2D eigenvalue weighted by Crippen LogP contribution is -2.48. The Morgan fingerprint density at radius 2 is 1.74 bits per heavy atom. The van der Waals surface area contributed by atoms with Crippen molar-refractivity contribution in [2.75, 3.05) is 6.61 Å². The van der Waals surface area contributed by atoms with Crippen LogP contribution in [0, 0.1) is 11.3 Å². The van der Waals surface area contributed by atoms with Crippen molar-refractivity contribution in [3.63, 3.8) is 0 Å². The molecule has 0 aromatic heterocycles. The summed E-state index contributed by atoms with van der Waals surface area (Å²) in [5.74, 6) is -7.54. The number of rotatable bonds is 6. The van der Waals surface area contributed by atoms with Gasteiger partial charge in [0.25, 0.3) is 5.92 Å². The normalized spacial score (nSPS) is 14.9. The summed E-state index contributed by atoms with van der Waals surface area (Å²) in [6.45, 7) is 5.19. The molecule has 7 heteroatoms. The number of carbonyl (C=O) groups excluding carboxylic acids is 1. The first-order valence-electron chi connectivity index (χ1n) is 5.60. The zero-order chi connectivity index (χ0) is 15.5. The standard InChI is InChI=1S/C12H17F5O2/c1-5-9(18)19-7-6-10(3,4)11(13,14)8(2)12(15,16)17/h5,8H,1,6-7H2,2-4H3. The third-order valence-corrected chi connectivity index (χ3v) is 3.08. The van der Waals surface area contributed by atoms with Crippen LogP contribution in [-0.2, 0) is 9.53 Å². The smallest absolute Gasteiger partial charge is 0.397 e. The van der Waals surface area contributed by atoms with Gasteiger partial charge in [-0.25, -0.2) is 13.6 Å². The molecule has 0 radical (unpaired) electrons. The third kappa shape index (κ3) is 4.47. The summed E-state index contributed by atoms with van der Waals surface area (Å²) in [7, 11) is 0. The van der Waals surface area contributed by atoms with Gasteiger partial charge in [0, 0.05) is 11.5 Å². The molecular weight excluding hydrogens is 271 g/mol. The van der Waals surface area contributed by atoms with Crippen molar-refractivity contribution < 1.29 is 31.5 Å². The Kier molecular flexibility index (Phi) is 5.53. The van der Waals surface area contributed by atoms with Crippen LogP contribution in [0.4, 0.5) is 22.0 Å². The molecule has 0 saturated heterocycles. The second kappa shape index (κ2) is 5.88. The molecule has 0 bridgehead atoms. The summed E-state index contributed by atoms with van der Waals surface area (Å²) in [4.78, 5) is 10.7. The molecule has 1 atom stereocenters. The monoisotopic (exact) mass is 288 g/mol. The first-order chi connectivity index (χ1) is 8.36. The Hall–Kier alpha value is -1.14. The summed E-state index contributed by atoms with van der Waals surface area (Å²) in [6, 6.07) is 0. The Morgan fingerprint density at radius 1 is 1.26 bits per heavy atom. The molecule has 112 valence electrons. The van der Waals surface area contributed by atoms with Gasteiger partial charge in [0.15, 0.2) is 0 Å². The van der Waals surface area contributed by atoms with Crippen molar-refractivity contribution in [1.82, 2.24) is 0 Å². The number of esters is 1. The van der Waals surface area contributed by atoms with E-state index in [0.29, 0.717) is 6.92 Å². The zero-order valence-corrected chi connectivity index (χ0v) is 11.0. The summed E-state index contributed by atoms with van der Waals surface area (Å²) in [5, 5.41) is 0. The van der Waals surface area contributed by atoms with Crippen molar-refractivity contribution in [2.24, 2.45) is 11.3 Å². The minimum absolute atomic E-state index is 0.389. The fourth-order valence-corrected chi connectivity index (χ4v) is 1.42. The van der Waals surface area contributed by atoms with E-state index in [1.807, 2.05) is 0 Å². The van der Waals surface area contributed by atoms with E-state index in [1.165, 1.54) is 0 Å². The predicted molar refractivity (Wildman–Crippen MR) is 59.7 cm³/mol. The van der Waals surface area contributed by atoms with Crippen LogP contribution in [0.25, 0.3) is 0 Å². The van der Waals surface area contributed by atoms with E-state index in [1.54, 1.807) is 0 Å². The predicted octanol–water partition coefficient (Wildman–Crippen LogP) is 3.97. The maximum Gasteiger partial charge on any atom is 0.397 e. The molecular formula is C12H17F5O2. The Bertz CT molecular complexity index is 334. The number of hydrogen-bond donors (Lipinski definition) is 0. The van der Waals surface area contributed by atoms with Crippen LogP contribution < -0.4 is 0 Å². The van der Waals surface area contributed by atoms with E-state index < -0.39 is 36.0 Å². The van der Waals surface area contributed by atoms with Gasteiger partial charge in [-0.1, -0.05) is 20.4 Å². The number of ether oxygens (including phenoxy) is 1. The van der Waals surface area contributed by atoms with Gasteiger partial charge in [0.1, 0.15) is 5.92 Å². The van der Waals surface area contributed by atoms with E-state index in [0.717, 1.165) is 19.9 Å². The minimum Gasteiger partial charge on any atom is -0.463 e. The van der Waals surface area contributed by atoms with Crippen LogP contribution >= 0.6 is 0 Å². The van der Waals surface area contributed by atoms with Gasteiger partial charge < -0.3 is 4.74 Å². The lowest BCUT2D eigenvalue weighted by Gasteiger charge is -2.38. The van der Waals surface area contributed by atoms with Crippen LogP contribution in [0.3, 0.4) is 0 Å². The van der Waals surface area contributed by atoms with Gasteiger partial charge >= 0.3 is 12.1 Å². The highest BCUT2D eigenvalue weighted by molar-refractivity contribution is 5.81. The Morgan fingerprint density at radius 3 is 2.11 bits per heavy atom. The maximum atomic E-state index is 13.8. The summed E-state index contributed by atoms with van der Waals surface area (Å²) in [6.07, 6.45) is -4.53. The van der Waals surface area contributed by atoms with Crippen LogP contribution in [-0.4, -0.2) is 24.7 Å². The molecule has 0 aliphatic rings. The van der Waals surface area contributed by atoms with E-state index in [4.69, 9.17) is 0 Å². The second-order valence-corrected chi connectivity index (χ2v) is 4.89. The van der Waals surface area contributed by atoms with E-state index in [-0.39, 0.29) is 6.42 Å². The molecule has 0 amide bonds. The van der Waals surface area contributed by atoms with Crippen LogP contribution in [0.2, 0.25) is 0 Å². The van der Waals surface area contributed by atoms with Gasteiger partial charge in [-0.3, -0.25) is 0 Å². The first kappa shape index (κ1) is 17.9. The molecule has 0 fully saturated rings. The quantitative estimate of drug-likeness (QED) is 0.420. The number of hydrogen-bond acceptors (Lipinski definition) is 2. The summed E-state index contributed by atoms with van der Waals surface area (Å²) in [5.41, 5.74) is -1.95. The number of halogens is 5. The van der Waals surface area contributed by atoms with E-state index >= 15 is 0 Å². The molecule has 0 heterocycles. The SMILES string of the molecule is C=CC(=O)OCCC(C)(C)C(F)(F)C(C)C(F)(F)F. The molecule has 0 saturated carbocycles. The summed E-state index contributed by atoms with van der Waals surface area (Å²) >= 11 is 0. The Balaban J connectivity index is 4.78. The van der Waals surface area contributed by atoms with Gasteiger partial charge in [-0.05, 0) is 13.3 Å². The highest BCUT2D eigenvalue weighted by atomic mass is 19.4. The van der Waals surface area contributed by atoms with Gasteiger partial charge in [0.2, 0.25) is 0 Å². The van der Waals surface area contributed by atoms with Crippen molar-refractivity contribution in [2.45, 2.75) is 39.3 Å². The molecule has 1 unspecified atom stereocenters. The molecule has 0 rings (SSSR count). The van der Waals surface area contributed by atoms with Crippen LogP contribution in [0.1, 0.15) is 27.2 Å². The van der Waals surface area contributed by atoms with Crippen molar-refractivity contribution >= 4 is 5.97 Å². The molecule has 0 aliphatic heterocycles. The second-order valence-electron chi connectivity index (χ2n) is 4.89. The molecule has 0 aromatic rings. The molecule has 0 aromatic carbocycles. The average Bonchev–Trinajstić information content (AvgIpc) is 2.25. The number of alkyl halides is 5. The van der Waals surface area contributed by atoms with Crippen LogP contribution in [0.15, 0.2) is 12.7 Å². The van der Waals surface area contributed by atoms with Gasteiger partial charge in [-0.2, -0.15) is 13.2 Å². The summed E-state index contributed by atoms with van der Waals surface area (Å²) < 4.78 is 69.4. The fourth-order valence-electron chi connectivity index (χ4n) is 1.42. The molecule has 2 nitrogen and oxygen atoms in total. The molecule has 0 N–H and O–H groups in total. The zero-order valence-electron chi connectivity index (χ0n) is 11.0. The highest BCUT2D eigenvalue weighted by Crippen LogP contribution is 2.49. The largest absolute Gasteiger partial charge is 0.463 e. The van der Waals surface area contributed by atoms with Gasteiger partial charge in [0.05, 0.1) is 6.61 Å². The van der Waals surface area contributed by atoms with Crippen molar-refractivity contribution in [3.05, 3.63) is 12.7 Å². The van der Waals surface area contributed by atoms with Crippen LogP contribution in [0.5, 0.6) is 0 Å².